The van der Waals surface area contributed by atoms with Crippen LogP contribution in [0.3, 0.4) is 0 Å². The smallest absolute Gasteiger partial charge is 0.124 e. The summed E-state index contributed by atoms with van der Waals surface area (Å²) in [4.78, 5) is 8.58. The van der Waals surface area contributed by atoms with Gasteiger partial charge in [-0.25, -0.2) is 0 Å². The molecule has 0 aliphatic carbocycles. The summed E-state index contributed by atoms with van der Waals surface area (Å²) in [5, 5.41) is 15.4. The van der Waals surface area contributed by atoms with Gasteiger partial charge in [0.25, 0.3) is 0 Å². The van der Waals surface area contributed by atoms with E-state index in [9.17, 15) is 5.11 Å². The van der Waals surface area contributed by atoms with Crippen molar-refractivity contribution in [3.8, 4) is 0 Å². The summed E-state index contributed by atoms with van der Waals surface area (Å²) in [6.07, 6.45) is 3.89. The standard InChI is InChI=1S/C15H15ClN4O/c1-9(2)20-14(11(16)8-19-20)15(21)10-4-3-5-12-13(10)18-7-6-17-12/h3-9,15,21H,1-2H3. The van der Waals surface area contributed by atoms with Gasteiger partial charge < -0.3 is 5.11 Å². The van der Waals surface area contributed by atoms with E-state index in [1.165, 1.54) is 0 Å². The highest BCUT2D eigenvalue weighted by Crippen LogP contribution is 2.32. The Hall–Kier alpha value is -1.98. The number of benzene rings is 1. The van der Waals surface area contributed by atoms with Crippen molar-refractivity contribution >= 4 is 22.6 Å². The quantitative estimate of drug-likeness (QED) is 0.807. The van der Waals surface area contributed by atoms with Crippen LogP contribution in [0.1, 0.15) is 37.3 Å². The molecule has 5 nitrogen and oxygen atoms in total. The molecular formula is C15H15ClN4O. The molecule has 0 aliphatic rings. The average molecular weight is 303 g/mol. The minimum absolute atomic E-state index is 0.100. The van der Waals surface area contributed by atoms with Crippen LogP contribution in [0.4, 0.5) is 0 Å². The fourth-order valence-electron chi connectivity index (χ4n) is 2.40. The van der Waals surface area contributed by atoms with Crippen molar-refractivity contribution in [2.24, 2.45) is 0 Å². The normalized spacial score (nSPS) is 13.0. The van der Waals surface area contributed by atoms with Crippen molar-refractivity contribution in [2.75, 3.05) is 0 Å². The molecule has 0 radical (unpaired) electrons. The minimum Gasteiger partial charge on any atom is -0.382 e. The highest BCUT2D eigenvalue weighted by molar-refractivity contribution is 6.31. The van der Waals surface area contributed by atoms with Gasteiger partial charge in [0, 0.05) is 24.0 Å². The summed E-state index contributed by atoms with van der Waals surface area (Å²) in [5.74, 6) is 0. The zero-order valence-corrected chi connectivity index (χ0v) is 12.5. The lowest BCUT2D eigenvalue weighted by Crippen LogP contribution is -2.13. The van der Waals surface area contributed by atoms with Crippen LogP contribution < -0.4 is 0 Å². The zero-order valence-electron chi connectivity index (χ0n) is 11.7. The maximum Gasteiger partial charge on any atom is 0.124 e. The lowest BCUT2D eigenvalue weighted by Gasteiger charge is -2.17. The van der Waals surface area contributed by atoms with Crippen LogP contribution in [0.2, 0.25) is 5.02 Å². The van der Waals surface area contributed by atoms with Gasteiger partial charge in [-0.1, -0.05) is 23.7 Å². The maximum absolute atomic E-state index is 10.8. The Bertz CT molecular complexity index is 779. The Morgan fingerprint density at radius 2 is 1.95 bits per heavy atom. The van der Waals surface area contributed by atoms with Gasteiger partial charge in [-0.2, -0.15) is 5.10 Å². The third-order valence-corrected chi connectivity index (χ3v) is 3.65. The monoisotopic (exact) mass is 302 g/mol. The number of aliphatic hydroxyl groups is 1. The highest BCUT2D eigenvalue weighted by Gasteiger charge is 2.23. The van der Waals surface area contributed by atoms with Gasteiger partial charge in [0.15, 0.2) is 0 Å². The summed E-state index contributed by atoms with van der Waals surface area (Å²) < 4.78 is 1.72. The molecule has 0 fully saturated rings. The Morgan fingerprint density at radius 1 is 1.19 bits per heavy atom. The Morgan fingerprint density at radius 3 is 2.71 bits per heavy atom. The fourth-order valence-corrected chi connectivity index (χ4v) is 2.63. The first kappa shape index (κ1) is 14.0. The summed E-state index contributed by atoms with van der Waals surface area (Å²) in [6, 6.07) is 5.64. The number of nitrogens with zero attached hydrogens (tertiary/aromatic N) is 4. The second kappa shape index (κ2) is 5.42. The first-order valence-corrected chi connectivity index (χ1v) is 7.08. The van der Waals surface area contributed by atoms with Crippen LogP contribution in [-0.2, 0) is 0 Å². The van der Waals surface area contributed by atoms with Gasteiger partial charge in [-0.3, -0.25) is 14.6 Å². The first-order chi connectivity index (χ1) is 10.1. The molecule has 1 N–H and O–H groups in total. The molecule has 0 amide bonds. The Labute approximate surface area is 127 Å². The highest BCUT2D eigenvalue weighted by atomic mass is 35.5. The van der Waals surface area contributed by atoms with E-state index in [1.807, 2.05) is 32.0 Å². The number of fused-ring (bicyclic) bond motifs is 1. The number of hydrogen-bond donors (Lipinski definition) is 1. The molecule has 108 valence electrons. The largest absolute Gasteiger partial charge is 0.382 e. The number of para-hydroxylation sites is 1. The molecule has 2 aromatic heterocycles. The van der Waals surface area contributed by atoms with E-state index in [0.29, 0.717) is 21.8 Å². The molecule has 6 heteroatoms. The van der Waals surface area contributed by atoms with E-state index in [0.717, 1.165) is 5.52 Å². The van der Waals surface area contributed by atoms with Gasteiger partial charge in [0.2, 0.25) is 0 Å². The molecule has 0 spiro atoms. The molecule has 0 aliphatic heterocycles. The van der Waals surface area contributed by atoms with Crippen molar-refractivity contribution in [3.05, 3.63) is 53.1 Å². The van der Waals surface area contributed by atoms with Gasteiger partial charge in [0.1, 0.15) is 6.10 Å². The predicted octanol–water partition coefficient (Wildman–Crippen LogP) is 3.14. The molecule has 21 heavy (non-hydrogen) atoms. The van der Waals surface area contributed by atoms with E-state index in [4.69, 9.17) is 11.6 Å². The van der Waals surface area contributed by atoms with E-state index in [-0.39, 0.29) is 6.04 Å². The van der Waals surface area contributed by atoms with Crippen molar-refractivity contribution in [1.82, 2.24) is 19.7 Å². The maximum atomic E-state index is 10.8. The van der Waals surface area contributed by atoms with Gasteiger partial charge >= 0.3 is 0 Å². The van der Waals surface area contributed by atoms with Gasteiger partial charge in [-0.15, -0.1) is 0 Å². The Balaban J connectivity index is 2.17. The molecule has 0 bridgehead atoms. The third kappa shape index (κ3) is 2.39. The zero-order chi connectivity index (χ0) is 15.0. The molecule has 2 heterocycles. The van der Waals surface area contributed by atoms with Crippen LogP contribution in [0.25, 0.3) is 11.0 Å². The van der Waals surface area contributed by atoms with Gasteiger partial charge in [0.05, 0.1) is 27.9 Å². The number of hydrogen-bond acceptors (Lipinski definition) is 4. The van der Waals surface area contributed by atoms with Crippen LogP contribution in [0, 0.1) is 0 Å². The van der Waals surface area contributed by atoms with E-state index >= 15 is 0 Å². The SMILES string of the molecule is CC(C)n1ncc(Cl)c1C(O)c1cccc2nccnc12. The lowest BCUT2D eigenvalue weighted by molar-refractivity contribution is 0.206. The second-order valence-corrected chi connectivity index (χ2v) is 5.50. The number of rotatable bonds is 3. The summed E-state index contributed by atoms with van der Waals surface area (Å²) in [7, 11) is 0. The number of aromatic nitrogens is 4. The summed E-state index contributed by atoms with van der Waals surface area (Å²) in [5.41, 5.74) is 2.65. The molecule has 3 rings (SSSR count). The molecule has 0 saturated heterocycles. The van der Waals surface area contributed by atoms with Crippen molar-refractivity contribution in [2.45, 2.75) is 26.0 Å². The fraction of sp³-hybridized carbons (Fsp3) is 0.267. The van der Waals surface area contributed by atoms with Crippen molar-refractivity contribution in [3.63, 3.8) is 0 Å². The molecule has 0 saturated carbocycles. The minimum atomic E-state index is -0.900. The second-order valence-electron chi connectivity index (χ2n) is 5.09. The topological polar surface area (TPSA) is 63.8 Å². The number of halogens is 1. The van der Waals surface area contributed by atoms with Crippen LogP contribution in [0.15, 0.2) is 36.8 Å². The average Bonchev–Trinajstić information content (AvgIpc) is 2.88. The molecule has 1 atom stereocenters. The van der Waals surface area contributed by atoms with E-state index in [2.05, 4.69) is 15.1 Å². The van der Waals surface area contributed by atoms with E-state index < -0.39 is 6.10 Å². The van der Waals surface area contributed by atoms with Crippen molar-refractivity contribution < 1.29 is 5.11 Å². The number of aliphatic hydroxyl groups excluding tert-OH is 1. The molecule has 1 aromatic carbocycles. The van der Waals surface area contributed by atoms with Crippen molar-refractivity contribution in [1.29, 1.82) is 0 Å². The molecule has 1 unspecified atom stereocenters. The molecular weight excluding hydrogens is 288 g/mol. The van der Waals surface area contributed by atoms with Crippen LogP contribution >= 0.6 is 11.6 Å². The predicted molar refractivity (Wildman–Crippen MR) is 81.2 cm³/mol. The first-order valence-electron chi connectivity index (χ1n) is 6.70. The summed E-state index contributed by atoms with van der Waals surface area (Å²) in [6.45, 7) is 3.98. The summed E-state index contributed by atoms with van der Waals surface area (Å²) >= 11 is 6.21. The molecule has 3 aromatic rings. The lowest BCUT2D eigenvalue weighted by atomic mass is 10.0. The van der Waals surface area contributed by atoms with Crippen LogP contribution in [-0.4, -0.2) is 24.9 Å². The van der Waals surface area contributed by atoms with E-state index in [1.54, 1.807) is 23.3 Å². The third-order valence-electron chi connectivity index (χ3n) is 3.36. The Kier molecular flexibility index (Phi) is 3.61. The van der Waals surface area contributed by atoms with Gasteiger partial charge in [-0.05, 0) is 19.9 Å². The van der Waals surface area contributed by atoms with Crippen LogP contribution in [0.5, 0.6) is 0 Å².